The Labute approximate surface area is 583 Å². The number of rotatable bonds is 9. The molecule has 5 aliphatic heterocycles. The van der Waals surface area contributed by atoms with Crippen LogP contribution in [0.5, 0.6) is 0 Å². The third-order valence-corrected chi connectivity index (χ3v) is 20.2. The Morgan fingerprint density at radius 3 is 0.990 bits per heavy atom. The zero-order valence-electron chi connectivity index (χ0n) is 58.2. The molecule has 3 aromatic heterocycles. The average Bonchev–Trinajstić information content (AvgIpc) is 1.39. The van der Waals surface area contributed by atoms with Crippen molar-refractivity contribution in [1.29, 1.82) is 0 Å². The van der Waals surface area contributed by atoms with Gasteiger partial charge in [-0.2, -0.15) is 0 Å². The van der Waals surface area contributed by atoms with Crippen LogP contribution in [0.3, 0.4) is 0 Å². The van der Waals surface area contributed by atoms with E-state index in [2.05, 4.69) is 255 Å². The molecule has 0 unspecified atom stereocenters. The maximum absolute atomic E-state index is 6.66. The van der Waals surface area contributed by atoms with Crippen LogP contribution < -0.4 is 10.9 Å². The number of pyridine rings is 3. The number of halogens is 1. The Morgan fingerprint density at radius 1 is 0.306 bits per heavy atom. The largest absolute Gasteiger partial charge is 0.496 e. The van der Waals surface area contributed by atoms with E-state index < -0.39 is 36.6 Å². The maximum Gasteiger partial charge on any atom is 0.496 e. The molecule has 0 spiro atoms. The summed E-state index contributed by atoms with van der Waals surface area (Å²) < 4.78 is 44.8. The van der Waals surface area contributed by atoms with Crippen LogP contribution in [0.2, 0.25) is 0 Å². The molecule has 0 bridgehead atoms. The summed E-state index contributed by atoms with van der Waals surface area (Å²) in [6.07, 6.45) is 5.63. The standard InChI is InChI=1S/C40H34N4O2.C32H36B2O4.C10H11BrN2O/c1-39(2)23-45-37(43-39)33-18-15-27(21-41-33)35-29-12-8-9-13-30(29)36(28-16-19-34(42-22-28)38-44-40(3,4)24-46-38)32-20-26(14-17-31(32)35)25-10-6-5-7-11-25;1-29(2)30(3,4)36-33(35-29)27-23-16-12-13-17-24(23)28(34-37-31(5,6)32(7,8)38-34)26-20-22(18-19-25(26)27)21-14-10-9-11-15-21;1-10(2)6-14-9(13-10)8-4-3-7(11)5-12-8/h5-22H,23-24H2,1-4H3;9-20H,1-8H3;3-5H,6H2,1-2H3. The predicted octanol–water partition coefficient (Wildman–Crippen LogP) is 17.6. The van der Waals surface area contributed by atoms with Gasteiger partial charge in [0.15, 0.2) is 0 Å². The van der Waals surface area contributed by atoms with E-state index in [-0.39, 0.29) is 16.6 Å². The first-order valence-corrected chi connectivity index (χ1v) is 34.4. The summed E-state index contributed by atoms with van der Waals surface area (Å²) in [5.41, 5.74) is 11.0. The van der Waals surface area contributed by atoms with E-state index in [0.29, 0.717) is 37.5 Å². The van der Waals surface area contributed by atoms with Gasteiger partial charge in [-0.25, -0.2) is 15.0 Å². The molecule has 494 valence electrons. The van der Waals surface area contributed by atoms with Gasteiger partial charge in [-0.1, -0.05) is 146 Å². The molecule has 0 aliphatic carbocycles. The molecular weight excluding hydrogens is 1280 g/mol. The maximum atomic E-state index is 6.66. The summed E-state index contributed by atoms with van der Waals surface area (Å²) in [4.78, 5) is 27.8. The lowest BCUT2D eigenvalue weighted by molar-refractivity contribution is 0.00578. The van der Waals surface area contributed by atoms with E-state index in [1.165, 1.54) is 11.1 Å². The molecule has 16 heteroatoms. The van der Waals surface area contributed by atoms with Crippen molar-refractivity contribution >= 4 is 102 Å². The summed E-state index contributed by atoms with van der Waals surface area (Å²) in [6.45, 7) is 30.9. The van der Waals surface area contributed by atoms with Gasteiger partial charge in [0.05, 0.1) is 39.0 Å². The highest BCUT2D eigenvalue weighted by Gasteiger charge is 2.55. The zero-order chi connectivity index (χ0) is 68.7. The fraction of sp³-hybridized carbons (Fsp3) is 0.293. The van der Waals surface area contributed by atoms with Crippen molar-refractivity contribution in [3.05, 3.63) is 222 Å². The molecule has 5 aliphatic rings. The van der Waals surface area contributed by atoms with Crippen molar-refractivity contribution in [2.45, 2.75) is 136 Å². The number of fused-ring (bicyclic) bond motifs is 4. The number of hydrogen-bond acceptors (Lipinski definition) is 13. The predicted molar refractivity (Wildman–Crippen MR) is 403 cm³/mol. The molecule has 0 saturated carbocycles. The number of aliphatic imine (C=N–C) groups is 3. The van der Waals surface area contributed by atoms with Gasteiger partial charge in [0.1, 0.15) is 36.9 Å². The molecule has 0 radical (unpaired) electrons. The zero-order valence-corrected chi connectivity index (χ0v) is 59.8. The van der Waals surface area contributed by atoms with Crippen molar-refractivity contribution in [2.24, 2.45) is 15.0 Å². The summed E-state index contributed by atoms with van der Waals surface area (Å²) in [7, 11) is -1.01. The lowest BCUT2D eigenvalue weighted by atomic mass is 9.66. The van der Waals surface area contributed by atoms with Crippen molar-refractivity contribution in [3.8, 4) is 44.5 Å². The number of nitrogens with zero attached hydrogens (tertiary/aromatic N) is 6. The van der Waals surface area contributed by atoms with Gasteiger partial charge in [-0.05, 0) is 237 Å². The van der Waals surface area contributed by atoms with Gasteiger partial charge in [-0.3, -0.25) is 15.0 Å². The van der Waals surface area contributed by atoms with Crippen LogP contribution in [0.15, 0.2) is 220 Å². The van der Waals surface area contributed by atoms with Gasteiger partial charge in [0.2, 0.25) is 17.7 Å². The molecule has 13 nitrogen and oxygen atoms in total. The molecule has 98 heavy (non-hydrogen) atoms. The Balaban J connectivity index is 0.000000142. The van der Waals surface area contributed by atoms with Crippen LogP contribution in [0, 0.1) is 0 Å². The van der Waals surface area contributed by atoms with Gasteiger partial charge in [0, 0.05) is 34.2 Å². The molecular formula is C82H81B2BrN6O7. The number of aromatic nitrogens is 3. The van der Waals surface area contributed by atoms with Crippen molar-refractivity contribution in [2.75, 3.05) is 19.8 Å². The first-order valence-electron chi connectivity index (χ1n) is 33.7. The van der Waals surface area contributed by atoms with Gasteiger partial charge >= 0.3 is 14.2 Å². The van der Waals surface area contributed by atoms with E-state index in [1.807, 2.05) is 62.6 Å². The van der Waals surface area contributed by atoms with Crippen LogP contribution in [-0.4, -0.2) is 106 Å². The first-order chi connectivity index (χ1) is 46.6. The molecule has 0 N–H and O–H groups in total. The molecule has 2 fully saturated rings. The fourth-order valence-electron chi connectivity index (χ4n) is 13.1. The Hall–Kier alpha value is -8.89. The molecule has 16 rings (SSSR count). The van der Waals surface area contributed by atoms with E-state index in [4.69, 9.17) is 52.8 Å². The average molecular weight is 1360 g/mol. The lowest BCUT2D eigenvalue weighted by Crippen LogP contribution is -2.41. The second kappa shape index (κ2) is 25.1. The lowest BCUT2D eigenvalue weighted by Gasteiger charge is -2.32. The molecule has 0 atom stereocenters. The van der Waals surface area contributed by atoms with Gasteiger partial charge < -0.3 is 32.8 Å². The monoisotopic (exact) mass is 1360 g/mol. The quantitative estimate of drug-likeness (QED) is 0.101. The third kappa shape index (κ3) is 12.9. The SMILES string of the molecule is CC1(C)COC(c2ccc(-c3c4ccccc4c(-c4ccc(C5=NC(C)(C)CO5)nc4)c4cc(-c5ccccc5)ccc34)cn2)=N1.CC1(C)COC(c2ccc(Br)cn2)=N1.CC1(C)OB(c2c3ccccc3c(B3OC(C)(C)C(C)(C)O3)c3cc(-c4ccccc4)ccc23)OC1(C)C. The second-order valence-electron chi connectivity index (χ2n) is 29.9. The van der Waals surface area contributed by atoms with Crippen molar-refractivity contribution in [1.82, 2.24) is 15.0 Å². The molecule has 2 saturated heterocycles. The topological polar surface area (TPSA) is 140 Å². The summed E-state index contributed by atoms with van der Waals surface area (Å²) in [6, 6.07) is 63.6. The van der Waals surface area contributed by atoms with Gasteiger partial charge in [0.25, 0.3) is 0 Å². The summed E-state index contributed by atoms with van der Waals surface area (Å²) in [5.74, 6) is 1.84. The van der Waals surface area contributed by atoms with Crippen LogP contribution in [-0.2, 0) is 32.8 Å². The second-order valence-corrected chi connectivity index (χ2v) is 30.8. The van der Waals surface area contributed by atoms with E-state index >= 15 is 0 Å². The Bertz CT molecular complexity index is 4950. The minimum atomic E-state index is -0.509. The number of ether oxygens (including phenoxy) is 3. The molecule has 8 heterocycles. The smallest absolute Gasteiger partial charge is 0.474 e. The third-order valence-electron chi connectivity index (χ3n) is 19.7. The van der Waals surface area contributed by atoms with E-state index in [9.17, 15) is 0 Å². The van der Waals surface area contributed by atoms with Crippen molar-refractivity contribution < 1.29 is 32.8 Å². The van der Waals surface area contributed by atoms with E-state index in [1.54, 1.807) is 6.20 Å². The van der Waals surface area contributed by atoms with Crippen LogP contribution in [0.4, 0.5) is 0 Å². The minimum absolute atomic E-state index is 0.121. The molecule has 8 aromatic carbocycles. The first kappa shape index (κ1) is 66.3. The number of benzene rings is 8. The highest BCUT2D eigenvalue weighted by atomic mass is 79.9. The summed E-state index contributed by atoms with van der Waals surface area (Å²) in [5, 5.41) is 8.96. The Morgan fingerprint density at radius 2 is 0.622 bits per heavy atom. The van der Waals surface area contributed by atoms with Crippen LogP contribution in [0.25, 0.3) is 87.6 Å². The Kier molecular flexibility index (Phi) is 17.0. The van der Waals surface area contributed by atoms with Crippen LogP contribution >= 0.6 is 15.9 Å². The highest BCUT2D eigenvalue weighted by molar-refractivity contribution is 9.10. The normalized spacial score (nSPS) is 18.8. The van der Waals surface area contributed by atoms with E-state index in [0.717, 1.165) is 109 Å². The molecule has 0 amide bonds. The van der Waals surface area contributed by atoms with Gasteiger partial charge in [-0.15, -0.1) is 0 Å². The highest BCUT2D eigenvalue weighted by Crippen LogP contribution is 2.46. The fourth-order valence-corrected chi connectivity index (χ4v) is 13.3. The summed E-state index contributed by atoms with van der Waals surface area (Å²) >= 11 is 3.33. The van der Waals surface area contributed by atoms with Crippen LogP contribution in [0.1, 0.15) is 114 Å². The van der Waals surface area contributed by atoms with Crippen molar-refractivity contribution in [3.63, 3.8) is 0 Å². The molecule has 11 aromatic rings. The number of hydrogen-bond donors (Lipinski definition) is 0. The minimum Gasteiger partial charge on any atom is -0.474 e.